The third-order valence-corrected chi connectivity index (χ3v) is 5.58. The summed E-state index contributed by atoms with van der Waals surface area (Å²) in [6.45, 7) is 2.22. The van der Waals surface area contributed by atoms with Crippen LogP contribution in [0.5, 0.6) is 5.75 Å². The Bertz CT molecular complexity index is 781. The maximum Gasteiger partial charge on any atom is 0.324 e. The molecule has 150 valence electrons. The molecule has 2 heterocycles. The lowest BCUT2D eigenvalue weighted by Crippen LogP contribution is -2.40. The second-order valence-electron chi connectivity index (χ2n) is 6.66. The highest BCUT2D eigenvalue weighted by Gasteiger charge is 2.37. The monoisotopic (exact) mass is 404 g/mol. The Morgan fingerprint density at radius 1 is 1.25 bits per heavy atom. The fourth-order valence-corrected chi connectivity index (χ4v) is 3.89. The van der Waals surface area contributed by atoms with Gasteiger partial charge in [-0.1, -0.05) is 23.9 Å². The largest absolute Gasteiger partial charge is 0.497 e. The van der Waals surface area contributed by atoms with Gasteiger partial charge in [-0.3, -0.25) is 14.5 Å². The number of hydrogen-bond donors (Lipinski definition) is 3. The summed E-state index contributed by atoms with van der Waals surface area (Å²) in [5.74, 6) is 0.318. The molecule has 0 unspecified atom stereocenters. The summed E-state index contributed by atoms with van der Waals surface area (Å²) in [7, 11) is 1.60. The van der Waals surface area contributed by atoms with Gasteiger partial charge in [-0.05, 0) is 42.9 Å². The van der Waals surface area contributed by atoms with E-state index >= 15 is 0 Å². The highest BCUT2D eigenvalue weighted by molar-refractivity contribution is 8.02. The summed E-state index contributed by atoms with van der Waals surface area (Å²) >= 11 is 1.49. The number of allylic oxidation sites excluding steroid dienone is 1. The summed E-state index contributed by atoms with van der Waals surface area (Å²) in [6, 6.07) is 6.44. The number of urea groups is 1. The fraction of sp³-hybridized carbons (Fsp3) is 0.421. The van der Waals surface area contributed by atoms with E-state index in [2.05, 4.69) is 16.0 Å². The second kappa shape index (κ2) is 9.01. The van der Waals surface area contributed by atoms with Crippen molar-refractivity contribution in [1.82, 2.24) is 20.9 Å². The van der Waals surface area contributed by atoms with Gasteiger partial charge in [0.1, 0.15) is 11.8 Å². The highest BCUT2D eigenvalue weighted by atomic mass is 32.2. The zero-order valence-corrected chi connectivity index (χ0v) is 16.7. The molecule has 0 radical (unpaired) electrons. The van der Waals surface area contributed by atoms with E-state index in [-0.39, 0.29) is 30.2 Å². The number of thioether (sulfide) groups is 1. The van der Waals surface area contributed by atoms with Gasteiger partial charge < -0.3 is 20.7 Å². The first kappa shape index (κ1) is 20.1. The molecule has 2 aliphatic rings. The molecule has 0 spiro atoms. The number of nitrogens with one attached hydrogen (secondary N) is 3. The summed E-state index contributed by atoms with van der Waals surface area (Å²) in [4.78, 5) is 37.9. The normalized spacial score (nSPS) is 21.2. The van der Waals surface area contributed by atoms with Gasteiger partial charge in [-0.25, -0.2) is 4.79 Å². The molecule has 3 rings (SSSR count). The maximum atomic E-state index is 12.5. The van der Waals surface area contributed by atoms with E-state index in [9.17, 15) is 14.4 Å². The predicted octanol–water partition coefficient (Wildman–Crippen LogP) is 1.54. The van der Waals surface area contributed by atoms with Gasteiger partial charge in [-0.2, -0.15) is 0 Å². The van der Waals surface area contributed by atoms with Crippen LogP contribution in [-0.2, 0) is 16.0 Å². The average Bonchev–Trinajstić information content (AvgIpc) is 3.21. The van der Waals surface area contributed by atoms with Crippen LogP contribution in [0.2, 0.25) is 0 Å². The number of nitrogens with zero attached hydrogens (tertiary/aromatic N) is 1. The lowest BCUT2D eigenvalue weighted by atomic mass is 10.1. The van der Waals surface area contributed by atoms with Crippen LogP contribution in [0.25, 0.3) is 0 Å². The zero-order valence-electron chi connectivity index (χ0n) is 15.9. The number of rotatable bonds is 8. The smallest absolute Gasteiger partial charge is 0.324 e. The first-order valence-corrected chi connectivity index (χ1v) is 10.0. The number of ether oxygens (including phenoxy) is 1. The van der Waals surface area contributed by atoms with Crippen molar-refractivity contribution in [3.63, 3.8) is 0 Å². The standard InChI is InChI=1S/C19H24N4O4S/c1-12-11-28-18(20-12)22-16(24)8-7-15-17(25)23(19(26)21-15)10-9-13-3-5-14(27-2)6-4-13/h3-6,11,15,18,20H,7-10H2,1-2H3,(H,21,26)(H,22,24)/t15-,18-/m1/s1. The minimum absolute atomic E-state index is 0.160. The summed E-state index contributed by atoms with van der Waals surface area (Å²) < 4.78 is 5.12. The maximum absolute atomic E-state index is 12.5. The van der Waals surface area contributed by atoms with Gasteiger partial charge in [0.25, 0.3) is 5.91 Å². The molecule has 0 aliphatic carbocycles. The van der Waals surface area contributed by atoms with E-state index in [1.807, 2.05) is 36.6 Å². The molecule has 4 amide bonds. The summed E-state index contributed by atoms with van der Waals surface area (Å²) in [5.41, 5.74) is 1.83. The highest BCUT2D eigenvalue weighted by Crippen LogP contribution is 2.19. The van der Waals surface area contributed by atoms with Crippen LogP contribution < -0.4 is 20.7 Å². The lowest BCUT2D eigenvalue weighted by molar-refractivity contribution is -0.127. The number of amides is 4. The molecule has 2 aliphatic heterocycles. The van der Waals surface area contributed by atoms with Crippen molar-refractivity contribution >= 4 is 29.6 Å². The molecule has 2 atom stereocenters. The molecule has 28 heavy (non-hydrogen) atoms. The zero-order chi connectivity index (χ0) is 20.1. The lowest BCUT2D eigenvalue weighted by Gasteiger charge is -2.15. The Balaban J connectivity index is 1.44. The van der Waals surface area contributed by atoms with Crippen molar-refractivity contribution < 1.29 is 19.1 Å². The molecular formula is C19H24N4O4S. The molecule has 1 saturated heterocycles. The van der Waals surface area contributed by atoms with Gasteiger partial charge in [0.2, 0.25) is 5.91 Å². The number of hydrogen-bond acceptors (Lipinski definition) is 6. The Morgan fingerprint density at radius 3 is 2.64 bits per heavy atom. The number of carbonyl (C=O) groups excluding carboxylic acids is 3. The molecule has 3 N–H and O–H groups in total. The van der Waals surface area contributed by atoms with Crippen molar-refractivity contribution in [2.24, 2.45) is 0 Å². The average molecular weight is 404 g/mol. The van der Waals surface area contributed by atoms with Crippen molar-refractivity contribution in [1.29, 1.82) is 0 Å². The van der Waals surface area contributed by atoms with Crippen molar-refractivity contribution in [2.45, 2.75) is 37.7 Å². The van der Waals surface area contributed by atoms with Gasteiger partial charge >= 0.3 is 6.03 Å². The van der Waals surface area contributed by atoms with Gasteiger partial charge in [0.15, 0.2) is 5.50 Å². The van der Waals surface area contributed by atoms with Crippen LogP contribution >= 0.6 is 11.8 Å². The molecular weight excluding hydrogens is 380 g/mol. The van der Waals surface area contributed by atoms with E-state index in [0.29, 0.717) is 13.0 Å². The number of benzene rings is 1. The van der Waals surface area contributed by atoms with Crippen LogP contribution in [0.4, 0.5) is 4.79 Å². The third-order valence-electron chi connectivity index (χ3n) is 4.58. The Morgan fingerprint density at radius 2 is 2.00 bits per heavy atom. The summed E-state index contributed by atoms with van der Waals surface area (Å²) in [6.07, 6.45) is 1.01. The number of methoxy groups -OCH3 is 1. The van der Waals surface area contributed by atoms with Crippen LogP contribution in [0, 0.1) is 0 Å². The molecule has 1 aromatic rings. The molecule has 1 fully saturated rings. The second-order valence-corrected chi connectivity index (χ2v) is 7.64. The summed E-state index contributed by atoms with van der Waals surface area (Å²) in [5, 5.41) is 10.6. The Hall–Kier alpha value is -2.68. The quantitative estimate of drug-likeness (QED) is 0.569. The molecule has 0 saturated carbocycles. The van der Waals surface area contributed by atoms with Crippen molar-refractivity contribution in [3.8, 4) is 5.75 Å². The minimum atomic E-state index is -0.654. The number of carbonyl (C=O) groups is 3. The first-order valence-electron chi connectivity index (χ1n) is 9.09. The fourth-order valence-electron chi connectivity index (χ4n) is 3.03. The first-order chi connectivity index (χ1) is 13.5. The molecule has 0 aromatic heterocycles. The van der Waals surface area contributed by atoms with Gasteiger partial charge in [-0.15, -0.1) is 0 Å². The van der Waals surface area contributed by atoms with Crippen molar-refractivity contribution in [2.75, 3.05) is 13.7 Å². The van der Waals surface area contributed by atoms with E-state index in [4.69, 9.17) is 4.74 Å². The van der Waals surface area contributed by atoms with E-state index in [1.54, 1.807) is 7.11 Å². The van der Waals surface area contributed by atoms with Crippen LogP contribution in [-0.4, -0.2) is 47.9 Å². The topological polar surface area (TPSA) is 99.8 Å². The number of imide groups is 1. The van der Waals surface area contributed by atoms with E-state index in [0.717, 1.165) is 17.0 Å². The van der Waals surface area contributed by atoms with Crippen LogP contribution in [0.3, 0.4) is 0 Å². The van der Waals surface area contributed by atoms with Crippen molar-refractivity contribution in [3.05, 3.63) is 40.9 Å². The minimum Gasteiger partial charge on any atom is -0.497 e. The van der Waals surface area contributed by atoms with E-state index < -0.39 is 12.1 Å². The Kier molecular flexibility index (Phi) is 6.45. The third kappa shape index (κ3) is 4.98. The van der Waals surface area contributed by atoms with Gasteiger partial charge in [0, 0.05) is 18.7 Å². The SMILES string of the molecule is COc1ccc(CCN2C(=O)N[C@H](CCC(=O)N[C@H]3NC(C)=CS3)C2=O)cc1. The molecule has 1 aromatic carbocycles. The molecule has 0 bridgehead atoms. The molecule has 9 heteroatoms. The Labute approximate surface area is 168 Å². The van der Waals surface area contributed by atoms with Crippen LogP contribution in [0.15, 0.2) is 35.4 Å². The van der Waals surface area contributed by atoms with E-state index in [1.165, 1.54) is 16.7 Å². The van der Waals surface area contributed by atoms with Crippen LogP contribution in [0.1, 0.15) is 25.3 Å². The van der Waals surface area contributed by atoms with Gasteiger partial charge in [0.05, 0.1) is 7.11 Å². The predicted molar refractivity (Wildman–Crippen MR) is 106 cm³/mol. The molecule has 8 nitrogen and oxygen atoms in total.